The molecule has 3 aromatic rings. The molecule has 5 nitrogen and oxygen atoms in total. The average Bonchev–Trinajstić information content (AvgIpc) is 3.47. The summed E-state index contributed by atoms with van der Waals surface area (Å²) in [4.78, 5) is 9.78. The van der Waals surface area contributed by atoms with Gasteiger partial charge in [-0.2, -0.15) is 0 Å². The maximum atomic E-state index is 6.32. The van der Waals surface area contributed by atoms with Gasteiger partial charge in [-0.15, -0.1) is 0 Å². The first-order chi connectivity index (χ1) is 14.5. The SMILES string of the molecule is CO[C@@H]1C[C@@H](c2nc3c(C)c(Cl)ccc3[nH]2)N(N2C=C(c3ccccc3)SC2C)C1. The fourth-order valence-corrected chi connectivity index (χ4v) is 5.60. The van der Waals surface area contributed by atoms with E-state index < -0.39 is 0 Å². The molecule has 1 unspecified atom stereocenters. The number of aryl methyl sites for hydroxylation is 1. The molecule has 0 spiro atoms. The molecule has 3 atom stereocenters. The Kier molecular flexibility index (Phi) is 5.27. The number of thioether (sulfide) groups is 1. The van der Waals surface area contributed by atoms with Gasteiger partial charge in [0.15, 0.2) is 0 Å². The number of fused-ring (bicyclic) bond motifs is 1. The number of imidazole rings is 1. The third-order valence-electron chi connectivity index (χ3n) is 6.02. The van der Waals surface area contributed by atoms with Crippen LogP contribution in [0.1, 0.15) is 36.3 Å². The molecular weight excluding hydrogens is 416 g/mol. The van der Waals surface area contributed by atoms with Crippen molar-refractivity contribution >= 4 is 39.3 Å². The van der Waals surface area contributed by atoms with E-state index in [1.807, 2.05) is 30.8 Å². The number of H-pyrrole nitrogens is 1. The van der Waals surface area contributed by atoms with Crippen LogP contribution in [0.25, 0.3) is 15.9 Å². The molecule has 0 aliphatic carbocycles. The Labute approximate surface area is 186 Å². The summed E-state index contributed by atoms with van der Waals surface area (Å²) in [6.45, 7) is 5.10. The zero-order valence-electron chi connectivity index (χ0n) is 17.3. The smallest absolute Gasteiger partial charge is 0.126 e. The van der Waals surface area contributed by atoms with E-state index >= 15 is 0 Å². The Morgan fingerprint density at radius 3 is 2.77 bits per heavy atom. The zero-order chi connectivity index (χ0) is 20.8. The van der Waals surface area contributed by atoms with Gasteiger partial charge in [-0.05, 0) is 43.5 Å². The van der Waals surface area contributed by atoms with Crippen LogP contribution < -0.4 is 0 Å². The lowest BCUT2D eigenvalue weighted by molar-refractivity contribution is -0.00806. The summed E-state index contributed by atoms with van der Waals surface area (Å²) in [5, 5.41) is 5.80. The van der Waals surface area contributed by atoms with E-state index in [4.69, 9.17) is 21.3 Å². The van der Waals surface area contributed by atoms with E-state index in [0.29, 0.717) is 5.37 Å². The summed E-state index contributed by atoms with van der Waals surface area (Å²) in [6.07, 6.45) is 3.32. The Hall–Kier alpha value is -1.99. The zero-order valence-corrected chi connectivity index (χ0v) is 18.9. The molecule has 5 rings (SSSR count). The summed E-state index contributed by atoms with van der Waals surface area (Å²) >= 11 is 8.21. The van der Waals surface area contributed by atoms with Gasteiger partial charge in [0.2, 0.25) is 0 Å². The minimum atomic E-state index is 0.120. The molecule has 156 valence electrons. The van der Waals surface area contributed by atoms with Gasteiger partial charge in [-0.25, -0.2) is 9.99 Å². The number of nitrogens with zero attached hydrogens (tertiary/aromatic N) is 3. The van der Waals surface area contributed by atoms with Crippen molar-refractivity contribution < 1.29 is 4.74 Å². The quantitative estimate of drug-likeness (QED) is 0.572. The van der Waals surface area contributed by atoms with Gasteiger partial charge in [0.1, 0.15) is 5.82 Å². The van der Waals surface area contributed by atoms with Gasteiger partial charge in [0.05, 0.1) is 28.6 Å². The van der Waals surface area contributed by atoms with Crippen LogP contribution in [-0.4, -0.2) is 45.1 Å². The molecule has 1 fully saturated rings. The van der Waals surface area contributed by atoms with E-state index in [1.165, 1.54) is 10.5 Å². The standard InChI is InChI=1S/C23H25ClN4OS/c1-14-18(24)9-10-19-22(14)26-23(25-19)20-11-17(29-3)12-28(20)27-13-21(30-15(27)2)16-7-5-4-6-8-16/h4-10,13,15,17,20H,11-12H2,1-3H3,(H,25,26)/t15?,17-,20+/m1/s1. The second kappa shape index (κ2) is 7.93. The van der Waals surface area contributed by atoms with Crippen molar-refractivity contribution in [2.75, 3.05) is 13.7 Å². The van der Waals surface area contributed by atoms with Gasteiger partial charge < -0.3 is 9.72 Å². The normalized spacial score (nSPS) is 24.7. The van der Waals surface area contributed by atoms with Crippen LogP contribution >= 0.6 is 23.4 Å². The number of halogens is 1. The van der Waals surface area contributed by atoms with Crippen molar-refractivity contribution in [3.63, 3.8) is 0 Å². The van der Waals surface area contributed by atoms with Gasteiger partial charge in [-0.1, -0.05) is 53.7 Å². The van der Waals surface area contributed by atoms with Crippen LogP contribution in [0.2, 0.25) is 5.02 Å². The fourth-order valence-electron chi connectivity index (χ4n) is 4.35. The van der Waals surface area contributed by atoms with Crippen LogP contribution in [0, 0.1) is 6.92 Å². The fraction of sp³-hybridized carbons (Fsp3) is 0.348. The monoisotopic (exact) mass is 440 g/mol. The molecular formula is C23H25ClN4OS. The number of ether oxygens (including phenoxy) is 1. The van der Waals surface area contributed by atoms with E-state index in [2.05, 4.69) is 58.5 Å². The third-order valence-corrected chi connectivity index (χ3v) is 7.58. The van der Waals surface area contributed by atoms with E-state index in [1.54, 1.807) is 7.11 Å². The van der Waals surface area contributed by atoms with E-state index in [-0.39, 0.29) is 12.1 Å². The molecule has 1 saturated heterocycles. The highest BCUT2D eigenvalue weighted by Gasteiger charge is 2.41. The molecule has 0 radical (unpaired) electrons. The van der Waals surface area contributed by atoms with Crippen molar-refractivity contribution in [1.29, 1.82) is 0 Å². The Bertz CT molecular complexity index is 1100. The Morgan fingerprint density at radius 1 is 1.20 bits per heavy atom. The molecule has 0 saturated carbocycles. The van der Waals surface area contributed by atoms with Gasteiger partial charge in [-0.3, -0.25) is 5.01 Å². The lowest BCUT2D eigenvalue weighted by atomic mass is 10.2. The number of benzene rings is 2. The number of hydrogen-bond donors (Lipinski definition) is 1. The first-order valence-electron chi connectivity index (χ1n) is 10.2. The average molecular weight is 441 g/mol. The van der Waals surface area contributed by atoms with Crippen molar-refractivity contribution in [2.45, 2.75) is 37.8 Å². The molecule has 2 aliphatic heterocycles. The third kappa shape index (κ3) is 3.42. The Morgan fingerprint density at radius 2 is 2.00 bits per heavy atom. The lowest BCUT2D eigenvalue weighted by Crippen LogP contribution is -2.42. The number of methoxy groups -OCH3 is 1. The number of hydrazine groups is 1. The number of aromatic amines is 1. The van der Waals surface area contributed by atoms with E-state index in [0.717, 1.165) is 40.4 Å². The highest BCUT2D eigenvalue weighted by Crippen LogP contribution is 2.44. The van der Waals surface area contributed by atoms with Crippen molar-refractivity contribution in [2.24, 2.45) is 0 Å². The first-order valence-corrected chi connectivity index (χ1v) is 11.5. The second-order valence-corrected chi connectivity index (χ2v) is 9.64. The molecule has 3 heterocycles. The maximum Gasteiger partial charge on any atom is 0.126 e. The number of nitrogens with one attached hydrogen (secondary N) is 1. The van der Waals surface area contributed by atoms with Crippen LogP contribution in [0.15, 0.2) is 48.7 Å². The molecule has 2 aliphatic rings. The summed E-state index contributed by atoms with van der Waals surface area (Å²) in [6, 6.07) is 14.6. The topological polar surface area (TPSA) is 44.4 Å². The van der Waals surface area contributed by atoms with Crippen LogP contribution in [-0.2, 0) is 4.74 Å². The molecule has 7 heteroatoms. The summed E-state index contributed by atoms with van der Waals surface area (Å²) in [5.74, 6) is 0.966. The molecule has 2 aromatic carbocycles. The van der Waals surface area contributed by atoms with Crippen molar-refractivity contribution in [3.05, 3.63) is 70.6 Å². The van der Waals surface area contributed by atoms with Gasteiger partial charge in [0.25, 0.3) is 0 Å². The second-order valence-electron chi connectivity index (χ2n) is 7.88. The van der Waals surface area contributed by atoms with Crippen LogP contribution in [0.3, 0.4) is 0 Å². The van der Waals surface area contributed by atoms with Gasteiger partial charge >= 0.3 is 0 Å². The minimum absolute atomic E-state index is 0.120. The van der Waals surface area contributed by atoms with Gasteiger partial charge in [0, 0.05) is 29.8 Å². The summed E-state index contributed by atoms with van der Waals surface area (Å²) < 4.78 is 5.76. The molecule has 0 amide bonds. The minimum Gasteiger partial charge on any atom is -0.380 e. The van der Waals surface area contributed by atoms with Crippen molar-refractivity contribution in [3.8, 4) is 0 Å². The van der Waals surface area contributed by atoms with Crippen molar-refractivity contribution in [1.82, 2.24) is 20.0 Å². The summed E-state index contributed by atoms with van der Waals surface area (Å²) in [7, 11) is 1.79. The first kappa shape index (κ1) is 19.9. The molecule has 1 N–H and O–H groups in total. The number of aromatic nitrogens is 2. The lowest BCUT2D eigenvalue weighted by Gasteiger charge is -2.35. The molecule has 0 bridgehead atoms. The molecule has 1 aromatic heterocycles. The predicted octanol–water partition coefficient (Wildman–Crippen LogP) is 5.59. The Balaban J connectivity index is 1.51. The largest absolute Gasteiger partial charge is 0.380 e. The molecule has 30 heavy (non-hydrogen) atoms. The summed E-state index contributed by atoms with van der Waals surface area (Å²) in [5.41, 5.74) is 4.24. The maximum absolute atomic E-state index is 6.32. The predicted molar refractivity (Wildman–Crippen MR) is 124 cm³/mol. The van der Waals surface area contributed by atoms with Crippen LogP contribution in [0.5, 0.6) is 0 Å². The van der Waals surface area contributed by atoms with Crippen LogP contribution in [0.4, 0.5) is 0 Å². The number of rotatable bonds is 4. The highest BCUT2D eigenvalue weighted by molar-refractivity contribution is 8.09. The highest BCUT2D eigenvalue weighted by atomic mass is 35.5. The van der Waals surface area contributed by atoms with E-state index in [9.17, 15) is 0 Å². The number of hydrogen-bond acceptors (Lipinski definition) is 5.